The molecule has 12 nitrogen and oxygen atoms in total. The Morgan fingerprint density at radius 1 is 0.759 bits per heavy atom. The molecule has 0 aliphatic rings. The number of aromatic nitrogens is 3. The van der Waals surface area contributed by atoms with Crippen LogP contribution in [0, 0.1) is 23.5 Å². The van der Waals surface area contributed by atoms with E-state index in [9.17, 15) is 26.8 Å². The number of hydrogen-bond donors (Lipinski definition) is 3. The van der Waals surface area contributed by atoms with Gasteiger partial charge < -0.3 is 20.3 Å². The van der Waals surface area contributed by atoms with Crippen molar-refractivity contribution in [3.63, 3.8) is 0 Å². The zero-order chi connectivity index (χ0) is 39.7. The van der Waals surface area contributed by atoms with E-state index < -0.39 is 38.6 Å². The Labute approximate surface area is 320 Å². The second-order valence-corrected chi connectivity index (χ2v) is 14.8. The number of pyridine rings is 3. The number of nitrogens with two attached hydrogens (primary N) is 1. The Morgan fingerprint density at radius 2 is 1.24 bits per heavy atom. The molecule has 284 valence electrons. The molecule has 54 heavy (non-hydrogen) atoms. The van der Waals surface area contributed by atoms with Crippen LogP contribution >= 0.6 is 23.2 Å². The number of aromatic carboxylic acids is 1. The van der Waals surface area contributed by atoms with Crippen LogP contribution in [0.15, 0.2) is 83.9 Å². The summed E-state index contributed by atoms with van der Waals surface area (Å²) >= 11 is 12.0. The number of nitrogens with zero attached hydrogens (tertiary/aromatic N) is 3. The third kappa shape index (κ3) is 11.6. The van der Waals surface area contributed by atoms with Gasteiger partial charge in [-0.2, -0.15) is 8.42 Å². The molecule has 3 heterocycles. The van der Waals surface area contributed by atoms with Gasteiger partial charge in [-0.15, -0.1) is 0 Å². The number of carboxylic acid groups (broad SMARTS) is 1. The maximum absolute atomic E-state index is 14.0. The average Bonchev–Trinajstić information content (AvgIpc) is 3.09. The maximum Gasteiger partial charge on any atom is 0.338 e. The SMILES string of the molecule is CC(C)COc1cc(F)cc(-c2ccc(C(=O)NS(=O)(=O)c3cccc(N)n3)c(Cl)n2)c1.CC(C)COc1cc(F)cc(-c2ccc(C(=O)O)c(Cl)n2)c1. The fourth-order valence-corrected chi connectivity index (χ4v) is 5.86. The van der Waals surface area contributed by atoms with Gasteiger partial charge in [0.05, 0.1) is 35.7 Å². The van der Waals surface area contributed by atoms with Crippen LogP contribution in [0.1, 0.15) is 48.4 Å². The highest BCUT2D eigenvalue weighted by Gasteiger charge is 2.23. The lowest BCUT2D eigenvalue weighted by molar-refractivity contribution is 0.0696. The molecule has 3 aromatic heterocycles. The summed E-state index contributed by atoms with van der Waals surface area (Å²) in [5.74, 6) is -1.88. The molecule has 0 aliphatic heterocycles. The monoisotopic (exact) mass is 801 g/mol. The van der Waals surface area contributed by atoms with Crippen molar-refractivity contribution in [2.75, 3.05) is 18.9 Å². The molecule has 2 aromatic carbocycles. The predicted octanol–water partition coefficient (Wildman–Crippen LogP) is 7.95. The van der Waals surface area contributed by atoms with E-state index in [0.29, 0.717) is 47.5 Å². The lowest BCUT2D eigenvalue weighted by atomic mass is 10.1. The first-order valence-corrected chi connectivity index (χ1v) is 18.4. The predicted molar refractivity (Wildman–Crippen MR) is 200 cm³/mol. The summed E-state index contributed by atoms with van der Waals surface area (Å²) in [6, 6.07) is 17.9. The lowest BCUT2D eigenvalue weighted by Gasteiger charge is -2.11. The molecular formula is C37H35Cl2F2N5O7S. The number of nitrogens with one attached hydrogen (secondary N) is 1. The van der Waals surface area contributed by atoms with E-state index >= 15 is 0 Å². The number of carbonyl (C=O) groups excluding carboxylic acids is 1. The van der Waals surface area contributed by atoms with E-state index in [4.69, 9.17) is 43.5 Å². The summed E-state index contributed by atoms with van der Waals surface area (Å²) < 4.78 is 65.5. The maximum atomic E-state index is 14.0. The minimum Gasteiger partial charge on any atom is -0.493 e. The number of rotatable bonds is 12. The molecule has 5 rings (SSSR count). The van der Waals surface area contributed by atoms with E-state index in [1.54, 1.807) is 12.1 Å². The number of halogens is 4. The van der Waals surface area contributed by atoms with E-state index in [1.807, 2.05) is 32.4 Å². The first kappa shape index (κ1) is 41.4. The Balaban J connectivity index is 0.000000258. The number of anilines is 1. The van der Waals surface area contributed by atoms with Gasteiger partial charge in [0.15, 0.2) is 5.03 Å². The summed E-state index contributed by atoms with van der Waals surface area (Å²) in [5, 5.41) is 8.12. The van der Waals surface area contributed by atoms with Gasteiger partial charge in [-0.3, -0.25) is 4.79 Å². The minimum absolute atomic E-state index is 0.0174. The molecule has 1 amide bonds. The third-order valence-electron chi connectivity index (χ3n) is 6.92. The Morgan fingerprint density at radius 3 is 1.67 bits per heavy atom. The number of benzene rings is 2. The van der Waals surface area contributed by atoms with Crippen molar-refractivity contribution in [3.8, 4) is 34.0 Å². The lowest BCUT2D eigenvalue weighted by Crippen LogP contribution is -2.31. The van der Waals surface area contributed by atoms with Crippen LogP contribution in [-0.2, 0) is 10.0 Å². The van der Waals surface area contributed by atoms with Gasteiger partial charge in [0.1, 0.15) is 39.3 Å². The molecule has 4 N–H and O–H groups in total. The third-order valence-corrected chi connectivity index (χ3v) is 8.73. The quantitative estimate of drug-likeness (QED) is 0.104. The van der Waals surface area contributed by atoms with Gasteiger partial charge in [0, 0.05) is 23.3 Å². The number of carboxylic acids is 1. The van der Waals surface area contributed by atoms with Gasteiger partial charge in [0.2, 0.25) is 0 Å². The molecule has 0 radical (unpaired) electrons. The zero-order valence-electron chi connectivity index (χ0n) is 29.3. The van der Waals surface area contributed by atoms with Crippen molar-refractivity contribution >= 4 is 50.9 Å². The summed E-state index contributed by atoms with van der Waals surface area (Å²) in [4.78, 5) is 35.2. The highest BCUT2D eigenvalue weighted by atomic mass is 35.5. The number of amides is 1. The second kappa shape index (κ2) is 18.1. The van der Waals surface area contributed by atoms with Crippen molar-refractivity contribution in [3.05, 3.63) is 112 Å². The van der Waals surface area contributed by atoms with Crippen LogP contribution in [0.2, 0.25) is 10.3 Å². The summed E-state index contributed by atoms with van der Waals surface area (Å²) in [6.45, 7) is 8.79. The average molecular weight is 803 g/mol. The molecule has 0 bridgehead atoms. The van der Waals surface area contributed by atoms with Crippen molar-refractivity contribution in [1.29, 1.82) is 0 Å². The largest absolute Gasteiger partial charge is 0.493 e. The Kier molecular flexibility index (Phi) is 13.9. The molecule has 0 fully saturated rings. The fraction of sp³-hybridized carbons (Fsp3) is 0.216. The Hall–Kier alpha value is -5.38. The standard InChI is InChI=1S/C21H20ClFN4O4S.C16H15ClFNO3/c1-12(2)11-31-15-9-13(8-14(23)10-15)17-7-6-16(20(22)25-17)21(28)27-32(29,30)19-5-3-4-18(24)26-19;1-9(2)8-22-12-6-10(5-11(18)7-12)14-4-3-13(16(20)21)15(17)19-14/h3-10,12H,11H2,1-2H3,(H2,24,26)(H,27,28);3-7,9H,8H2,1-2H3,(H,20,21). The van der Waals surface area contributed by atoms with E-state index in [1.165, 1.54) is 66.7 Å². The number of nitrogen functional groups attached to an aromatic ring is 1. The van der Waals surface area contributed by atoms with Crippen LogP contribution < -0.4 is 19.9 Å². The number of sulfonamides is 1. The van der Waals surface area contributed by atoms with Gasteiger partial charge in [-0.25, -0.2) is 33.2 Å². The van der Waals surface area contributed by atoms with Gasteiger partial charge in [-0.05, 0) is 72.5 Å². The van der Waals surface area contributed by atoms with Gasteiger partial charge in [-0.1, -0.05) is 57.0 Å². The molecule has 0 saturated heterocycles. The molecule has 0 aliphatic carbocycles. The molecule has 0 spiro atoms. The molecular weight excluding hydrogens is 767 g/mol. The molecule has 0 unspecified atom stereocenters. The zero-order valence-corrected chi connectivity index (χ0v) is 31.6. The number of ether oxygens (including phenoxy) is 2. The normalized spacial score (nSPS) is 11.1. The van der Waals surface area contributed by atoms with Crippen molar-refractivity contribution in [2.45, 2.75) is 32.7 Å². The van der Waals surface area contributed by atoms with Crippen LogP contribution in [0.25, 0.3) is 22.5 Å². The van der Waals surface area contributed by atoms with Gasteiger partial charge in [0.25, 0.3) is 15.9 Å². The highest BCUT2D eigenvalue weighted by Crippen LogP contribution is 2.29. The Bertz CT molecular complexity index is 2280. The first-order valence-electron chi connectivity index (χ1n) is 16.2. The van der Waals surface area contributed by atoms with E-state index in [2.05, 4.69) is 15.0 Å². The molecule has 17 heteroatoms. The number of hydrogen-bond acceptors (Lipinski definition) is 10. The summed E-state index contributed by atoms with van der Waals surface area (Å²) in [7, 11) is -4.28. The van der Waals surface area contributed by atoms with E-state index in [-0.39, 0.29) is 38.9 Å². The van der Waals surface area contributed by atoms with Gasteiger partial charge >= 0.3 is 5.97 Å². The smallest absolute Gasteiger partial charge is 0.338 e. The van der Waals surface area contributed by atoms with Crippen LogP contribution in [-0.4, -0.2) is 53.6 Å². The first-order chi connectivity index (χ1) is 25.4. The van der Waals surface area contributed by atoms with Crippen LogP contribution in [0.4, 0.5) is 14.6 Å². The topological polar surface area (TPSA) is 184 Å². The second-order valence-electron chi connectivity index (χ2n) is 12.5. The summed E-state index contributed by atoms with van der Waals surface area (Å²) in [6.07, 6.45) is 0. The van der Waals surface area contributed by atoms with Crippen molar-refractivity contribution < 1.29 is 41.4 Å². The molecule has 0 atom stereocenters. The summed E-state index contributed by atoms with van der Waals surface area (Å²) in [5.41, 5.74) is 6.72. The fourth-order valence-electron chi connectivity index (χ4n) is 4.44. The van der Waals surface area contributed by atoms with Crippen molar-refractivity contribution in [1.82, 2.24) is 19.7 Å². The van der Waals surface area contributed by atoms with Crippen LogP contribution in [0.5, 0.6) is 11.5 Å². The van der Waals surface area contributed by atoms with Crippen molar-refractivity contribution in [2.24, 2.45) is 11.8 Å². The minimum atomic E-state index is -4.28. The van der Waals surface area contributed by atoms with Crippen LogP contribution in [0.3, 0.4) is 0 Å². The highest BCUT2D eigenvalue weighted by molar-refractivity contribution is 7.90. The number of carbonyl (C=O) groups is 2. The molecule has 0 saturated carbocycles. The molecule has 5 aromatic rings. The van der Waals surface area contributed by atoms with E-state index in [0.717, 1.165) is 0 Å².